The molecule has 356 valence electrons. The monoisotopic (exact) mass is 943 g/mol. The van der Waals surface area contributed by atoms with Gasteiger partial charge in [-0.3, -0.25) is 13.9 Å². The molecule has 2 heterocycles. The predicted molar refractivity (Wildman–Crippen MR) is 264 cm³/mol. The lowest BCUT2D eigenvalue weighted by atomic mass is 9.79. The number of benzene rings is 3. The van der Waals surface area contributed by atoms with Gasteiger partial charge in [-0.05, 0) is 109 Å². The molecule has 0 fully saturated rings. The number of fused-ring (bicyclic) bond motifs is 2. The molecule has 2 aliphatic heterocycles. The van der Waals surface area contributed by atoms with Crippen LogP contribution in [-0.2, 0) is 47.0 Å². The SMILES string of the molecule is COC(=O)CCc1ccc(C2=C(/C=C/C3=[N+](CCC[N+](C)(C)C)c4ccc(S(=O)(=O)O)cc4C3(C)C)CCC/C2=C\C=C2\N(CCC[N+](C)(C)C)c3ccc(S(=O)(=O)O)cc3C2(C)C)cc1. The van der Waals surface area contributed by atoms with Gasteiger partial charge < -0.3 is 18.6 Å². The molecule has 14 heteroatoms. The van der Waals surface area contributed by atoms with Gasteiger partial charge in [-0.2, -0.15) is 21.4 Å². The highest BCUT2D eigenvalue weighted by Crippen LogP contribution is 2.49. The number of rotatable bonds is 17. The van der Waals surface area contributed by atoms with E-state index >= 15 is 0 Å². The fourth-order valence-electron chi connectivity index (χ4n) is 9.69. The van der Waals surface area contributed by atoms with Crippen LogP contribution in [0.2, 0.25) is 0 Å². The average Bonchev–Trinajstić information content (AvgIpc) is 3.56. The Hall–Kier alpha value is -4.70. The summed E-state index contributed by atoms with van der Waals surface area (Å²) in [6, 6.07) is 18.2. The fraction of sp³-hybridized carbons (Fsp3) is 0.462. The molecule has 0 atom stereocenters. The van der Waals surface area contributed by atoms with E-state index in [1.54, 1.807) is 12.1 Å². The molecule has 0 unspecified atom stereocenters. The standard InChI is InChI=1S/C52H69N4O8S2/c1-51(2)43-35-41(65(58,59)60)24-26-45(43)53(31-13-33-55(5,6)7)47(51)28-22-38-15-12-16-39(50(38)40-20-17-37(18-21-40)19-30-49(57)64-11)23-29-48-52(3,4)44-36-42(66(61,62)63)25-27-46(44)54(48)32-14-34-56(8,9)10/h17-18,20-29,35-36H,12-16,19,30-34H2,1-11H3/q+1/p+2. The summed E-state index contributed by atoms with van der Waals surface area (Å²) in [5, 5.41) is 0. The molecule has 3 aromatic rings. The van der Waals surface area contributed by atoms with Crippen molar-refractivity contribution in [2.45, 2.75) is 93.3 Å². The van der Waals surface area contributed by atoms with Gasteiger partial charge in [0, 0.05) is 53.9 Å². The van der Waals surface area contributed by atoms with E-state index in [1.807, 2.05) is 12.1 Å². The van der Waals surface area contributed by atoms with Crippen molar-refractivity contribution < 1.29 is 49.0 Å². The van der Waals surface area contributed by atoms with Crippen molar-refractivity contribution in [3.05, 3.63) is 124 Å². The molecular weight excluding hydrogens is 873 g/mol. The van der Waals surface area contributed by atoms with E-state index in [4.69, 9.17) is 4.74 Å². The third-order valence-electron chi connectivity index (χ3n) is 13.3. The summed E-state index contributed by atoms with van der Waals surface area (Å²) in [7, 11) is 5.60. The van der Waals surface area contributed by atoms with Crippen molar-refractivity contribution in [1.82, 2.24) is 0 Å². The van der Waals surface area contributed by atoms with Crippen LogP contribution < -0.4 is 4.90 Å². The van der Waals surface area contributed by atoms with E-state index in [1.165, 1.54) is 19.2 Å². The molecule has 3 aliphatic rings. The Balaban J connectivity index is 1.50. The number of esters is 1. The number of carbonyl (C=O) groups is 1. The molecule has 0 amide bonds. The second kappa shape index (κ2) is 19.1. The first-order chi connectivity index (χ1) is 30.6. The first kappa shape index (κ1) is 50.7. The molecule has 0 saturated carbocycles. The van der Waals surface area contributed by atoms with Crippen molar-refractivity contribution >= 4 is 48.9 Å². The molecule has 0 aromatic heterocycles. The minimum Gasteiger partial charge on any atom is -0.469 e. The maximum absolute atomic E-state index is 12.4. The first-order valence-corrected chi connectivity index (χ1v) is 25.8. The Morgan fingerprint density at radius 2 is 1.38 bits per heavy atom. The van der Waals surface area contributed by atoms with Crippen LogP contribution in [0.3, 0.4) is 0 Å². The van der Waals surface area contributed by atoms with Crippen LogP contribution in [0.25, 0.3) is 5.57 Å². The van der Waals surface area contributed by atoms with E-state index in [-0.39, 0.29) is 22.2 Å². The molecular formula is C52H71N4O8S2+3. The van der Waals surface area contributed by atoms with Gasteiger partial charge >= 0.3 is 5.97 Å². The van der Waals surface area contributed by atoms with Gasteiger partial charge in [0.15, 0.2) is 12.3 Å². The largest absolute Gasteiger partial charge is 0.469 e. The van der Waals surface area contributed by atoms with E-state index < -0.39 is 31.1 Å². The van der Waals surface area contributed by atoms with Crippen molar-refractivity contribution in [2.75, 3.05) is 80.5 Å². The van der Waals surface area contributed by atoms with Crippen molar-refractivity contribution in [3.8, 4) is 0 Å². The number of nitrogens with zero attached hydrogens (tertiary/aromatic N) is 4. The minimum atomic E-state index is -4.42. The molecule has 3 aromatic carbocycles. The predicted octanol–water partition coefficient (Wildman–Crippen LogP) is 8.66. The average molecular weight is 944 g/mol. The summed E-state index contributed by atoms with van der Waals surface area (Å²) in [6.07, 6.45) is 14.0. The van der Waals surface area contributed by atoms with Gasteiger partial charge in [-0.1, -0.05) is 50.3 Å². The fourth-order valence-corrected chi connectivity index (χ4v) is 10.7. The summed E-state index contributed by atoms with van der Waals surface area (Å²) in [4.78, 5) is 14.1. The second-order valence-corrected chi connectivity index (χ2v) is 23.9. The molecule has 1 aliphatic carbocycles. The van der Waals surface area contributed by atoms with Crippen LogP contribution in [0.15, 0.2) is 112 Å². The van der Waals surface area contributed by atoms with Gasteiger partial charge in [0.2, 0.25) is 5.69 Å². The van der Waals surface area contributed by atoms with Crippen molar-refractivity contribution in [3.63, 3.8) is 0 Å². The Kier molecular flexibility index (Phi) is 14.7. The first-order valence-electron chi connectivity index (χ1n) is 22.9. The molecule has 0 radical (unpaired) electrons. The number of ether oxygens (including phenoxy) is 1. The van der Waals surface area contributed by atoms with Crippen LogP contribution in [0, 0.1) is 0 Å². The number of allylic oxidation sites excluding steroid dienone is 8. The molecule has 12 nitrogen and oxygen atoms in total. The van der Waals surface area contributed by atoms with Crippen LogP contribution in [-0.4, -0.2) is 127 Å². The van der Waals surface area contributed by atoms with Gasteiger partial charge in [-0.15, -0.1) is 0 Å². The Bertz CT molecular complexity index is 2750. The van der Waals surface area contributed by atoms with Crippen LogP contribution in [0.5, 0.6) is 0 Å². The number of hydrogen-bond donors (Lipinski definition) is 2. The third-order valence-corrected chi connectivity index (χ3v) is 15.0. The lowest BCUT2D eigenvalue weighted by Crippen LogP contribution is -2.37. The summed E-state index contributed by atoms with van der Waals surface area (Å²) >= 11 is 0. The maximum Gasteiger partial charge on any atom is 0.305 e. The van der Waals surface area contributed by atoms with Crippen LogP contribution >= 0.6 is 0 Å². The Morgan fingerprint density at radius 3 is 1.98 bits per heavy atom. The smallest absolute Gasteiger partial charge is 0.305 e. The lowest BCUT2D eigenvalue weighted by Gasteiger charge is -2.29. The van der Waals surface area contributed by atoms with Crippen molar-refractivity contribution in [2.24, 2.45) is 0 Å². The van der Waals surface area contributed by atoms with Crippen LogP contribution in [0.1, 0.15) is 88.5 Å². The van der Waals surface area contributed by atoms with E-state index in [2.05, 4.69) is 128 Å². The minimum absolute atomic E-state index is 0.124. The third kappa shape index (κ3) is 11.5. The van der Waals surface area contributed by atoms with Crippen LogP contribution in [0.4, 0.5) is 11.4 Å². The quantitative estimate of drug-likeness (QED) is 0.0589. The highest BCUT2D eigenvalue weighted by Gasteiger charge is 2.45. The summed E-state index contributed by atoms with van der Waals surface area (Å²) in [6.45, 7) is 11.8. The molecule has 2 N–H and O–H groups in total. The molecule has 6 rings (SSSR count). The number of carbonyl (C=O) groups excluding carboxylic acids is 1. The van der Waals surface area contributed by atoms with E-state index in [0.29, 0.717) is 6.42 Å². The van der Waals surface area contributed by atoms with Gasteiger partial charge in [-0.25, -0.2) is 0 Å². The number of methoxy groups -OCH3 is 1. The molecule has 0 saturated heterocycles. The van der Waals surface area contributed by atoms with Gasteiger partial charge in [0.25, 0.3) is 20.2 Å². The highest BCUT2D eigenvalue weighted by molar-refractivity contribution is 7.86. The lowest BCUT2D eigenvalue weighted by molar-refractivity contribution is -0.871. The number of aryl methyl sites for hydroxylation is 1. The molecule has 66 heavy (non-hydrogen) atoms. The van der Waals surface area contributed by atoms with Gasteiger partial charge in [0.1, 0.15) is 0 Å². The number of hydrogen-bond acceptors (Lipinski definition) is 7. The summed E-state index contributed by atoms with van der Waals surface area (Å²) in [5.74, 6) is -0.257. The van der Waals surface area contributed by atoms with E-state index in [9.17, 15) is 30.7 Å². The zero-order chi connectivity index (χ0) is 48.6. The normalized spacial score (nSPS) is 18.8. The summed E-state index contributed by atoms with van der Waals surface area (Å²) in [5.41, 5.74) is 9.93. The zero-order valence-electron chi connectivity index (χ0n) is 40.8. The Morgan fingerprint density at radius 1 is 0.773 bits per heavy atom. The van der Waals surface area contributed by atoms with Crippen molar-refractivity contribution in [1.29, 1.82) is 0 Å². The highest BCUT2D eigenvalue weighted by atomic mass is 32.2. The Labute approximate surface area is 394 Å². The molecule has 0 bridgehead atoms. The van der Waals surface area contributed by atoms with Gasteiger partial charge in [0.05, 0.1) is 84.1 Å². The molecule has 0 spiro atoms. The maximum atomic E-state index is 12.4. The topological polar surface area (TPSA) is 141 Å². The zero-order valence-corrected chi connectivity index (χ0v) is 42.4. The van der Waals surface area contributed by atoms with E-state index in [0.717, 1.165) is 129 Å². The second-order valence-electron chi connectivity index (χ2n) is 21.1. The number of quaternary nitrogens is 2. The number of anilines is 1. The summed E-state index contributed by atoms with van der Waals surface area (Å²) < 4.78 is 78.3.